The second-order valence-electron chi connectivity index (χ2n) is 6.23. The molecule has 1 amide bonds. The van der Waals surface area contributed by atoms with Crippen LogP contribution in [0, 0.1) is 0 Å². The van der Waals surface area contributed by atoms with Gasteiger partial charge in [-0.2, -0.15) is 0 Å². The Bertz CT molecular complexity index is 1160. The first-order valence-electron chi connectivity index (χ1n) is 9.03. The third kappa shape index (κ3) is 4.30. The van der Waals surface area contributed by atoms with Crippen LogP contribution in [-0.4, -0.2) is 27.7 Å². The van der Waals surface area contributed by atoms with Gasteiger partial charge in [0.1, 0.15) is 17.8 Å². The molecule has 4 rings (SSSR count). The number of nitrogens with zero attached hydrogens (tertiary/aromatic N) is 2. The zero-order valence-electron chi connectivity index (χ0n) is 15.6. The monoisotopic (exact) mass is 407 g/mol. The molecule has 7 nitrogen and oxygen atoms in total. The number of benzene rings is 2. The van der Waals surface area contributed by atoms with E-state index < -0.39 is 6.09 Å². The predicted octanol–water partition coefficient (Wildman–Crippen LogP) is 5.59. The smallest absolute Gasteiger partial charge is 0.411 e. The Balaban J connectivity index is 1.60. The van der Waals surface area contributed by atoms with Crippen molar-refractivity contribution in [2.45, 2.75) is 6.92 Å². The summed E-state index contributed by atoms with van der Waals surface area (Å²) in [5, 5.41) is 7.46. The molecule has 3 N–H and O–H groups in total. The Morgan fingerprint density at radius 1 is 1.10 bits per heavy atom. The van der Waals surface area contributed by atoms with Crippen LogP contribution in [0.1, 0.15) is 6.92 Å². The summed E-state index contributed by atoms with van der Waals surface area (Å²) >= 11 is 6.06. The third-order valence-corrected chi connectivity index (χ3v) is 4.47. The van der Waals surface area contributed by atoms with Gasteiger partial charge in [0, 0.05) is 22.1 Å². The number of rotatable bonds is 5. The number of ether oxygens (including phenoxy) is 1. The van der Waals surface area contributed by atoms with Gasteiger partial charge in [-0.1, -0.05) is 29.8 Å². The fourth-order valence-electron chi connectivity index (χ4n) is 2.92. The topological polar surface area (TPSA) is 91.9 Å². The molecule has 0 radical (unpaired) electrons. The number of hydrogen-bond acceptors (Lipinski definition) is 5. The van der Waals surface area contributed by atoms with E-state index in [9.17, 15) is 4.79 Å². The van der Waals surface area contributed by atoms with Crippen molar-refractivity contribution >= 4 is 45.9 Å². The Morgan fingerprint density at radius 2 is 1.93 bits per heavy atom. The van der Waals surface area contributed by atoms with Crippen molar-refractivity contribution in [1.82, 2.24) is 15.0 Å². The minimum absolute atomic E-state index is 0.325. The van der Waals surface area contributed by atoms with E-state index in [0.717, 1.165) is 22.3 Å². The van der Waals surface area contributed by atoms with Gasteiger partial charge in [-0.3, -0.25) is 5.32 Å². The number of carbonyl (C=O) groups excluding carboxylic acids is 1. The number of amides is 1. The van der Waals surface area contributed by atoms with Crippen molar-refractivity contribution in [1.29, 1.82) is 0 Å². The minimum atomic E-state index is -0.474. The highest BCUT2D eigenvalue weighted by Gasteiger charge is 2.10. The van der Waals surface area contributed by atoms with Crippen LogP contribution in [0.2, 0.25) is 5.02 Å². The van der Waals surface area contributed by atoms with E-state index in [2.05, 4.69) is 25.6 Å². The van der Waals surface area contributed by atoms with Gasteiger partial charge in [0.25, 0.3) is 0 Å². The molecule has 8 heteroatoms. The molecule has 0 saturated carbocycles. The van der Waals surface area contributed by atoms with E-state index in [1.54, 1.807) is 6.92 Å². The molecule has 0 aliphatic carbocycles. The summed E-state index contributed by atoms with van der Waals surface area (Å²) in [5.74, 6) is 0.681. The van der Waals surface area contributed by atoms with Crippen LogP contribution < -0.4 is 10.6 Å². The van der Waals surface area contributed by atoms with Gasteiger partial charge in [-0.15, -0.1) is 0 Å². The first-order valence-corrected chi connectivity index (χ1v) is 9.40. The molecule has 0 atom stereocenters. The van der Waals surface area contributed by atoms with Crippen LogP contribution in [0.4, 0.5) is 22.0 Å². The molecule has 4 aromatic rings. The molecule has 29 heavy (non-hydrogen) atoms. The Labute approximate surface area is 172 Å². The summed E-state index contributed by atoms with van der Waals surface area (Å²) in [6.45, 7) is 2.09. The summed E-state index contributed by atoms with van der Waals surface area (Å²) in [6.07, 6.45) is 1.03. The number of nitrogens with one attached hydrogen (secondary N) is 3. The molecular formula is C21H18ClN5O2. The van der Waals surface area contributed by atoms with Gasteiger partial charge in [0.15, 0.2) is 0 Å². The van der Waals surface area contributed by atoms with Crippen LogP contribution in [0.15, 0.2) is 60.9 Å². The molecule has 0 aliphatic heterocycles. The van der Waals surface area contributed by atoms with E-state index in [-0.39, 0.29) is 0 Å². The van der Waals surface area contributed by atoms with Gasteiger partial charge >= 0.3 is 6.09 Å². The summed E-state index contributed by atoms with van der Waals surface area (Å²) in [5.41, 5.74) is 4.05. The SMILES string of the molecule is CCOC(=O)Nc1ccc(-c2cc3c(Nc4cccc(Cl)c4)ncnc3[nH]2)cc1. The van der Waals surface area contributed by atoms with Crippen LogP contribution in [0.25, 0.3) is 22.3 Å². The number of fused-ring (bicyclic) bond motifs is 1. The average Bonchev–Trinajstić information content (AvgIpc) is 3.14. The second kappa shape index (κ2) is 8.20. The van der Waals surface area contributed by atoms with E-state index in [4.69, 9.17) is 16.3 Å². The van der Waals surface area contributed by atoms with Crippen molar-refractivity contribution in [3.8, 4) is 11.3 Å². The zero-order chi connectivity index (χ0) is 20.2. The quantitative estimate of drug-likeness (QED) is 0.401. The fourth-order valence-corrected chi connectivity index (χ4v) is 3.11. The van der Waals surface area contributed by atoms with Gasteiger partial charge in [0.05, 0.1) is 12.0 Å². The number of anilines is 3. The van der Waals surface area contributed by atoms with Crippen LogP contribution in [0.3, 0.4) is 0 Å². The zero-order valence-corrected chi connectivity index (χ0v) is 16.3. The van der Waals surface area contributed by atoms with Crippen molar-refractivity contribution in [2.24, 2.45) is 0 Å². The van der Waals surface area contributed by atoms with Gasteiger partial charge < -0.3 is 15.0 Å². The van der Waals surface area contributed by atoms with E-state index >= 15 is 0 Å². The second-order valence-corrected chi connectivity index (χ2v) is 6.66. The highest BCUT2D eigenvalue weighted by Crippen LogP contribution is 2.29. The molecule has 2 aromatic carbocycles. The molecule has 0 saturated heterocycles. The first kappa shape index (κ1) is 18.8. The molecule has 0 fully saturated rings. The van der Waals surface area contributed by atoms with E-state index in [1.165, 1.54) is 6.33 Å². The first-order chi connectivity index (χ1) is 14.1. The standard InChI is InChI=1S/C21H18ClN5O2/c1-2-29-21(28)26-15-8-6-13(7-9-15)18-11-17-19(23-12-24-20(17)27-18)25-16-5-3-4-14(22)10-16/h3-12H,2H2,1H3,(H,26,28)(H2,23,24,25,27). The molecule has 0 spiro atoms. The van der Waals surface area contributed by atoms with Crippen molar-refractivity contribution < 1.29 is 9.53 Å². The molecule has 146 valence electrons. The number of aromatic nitrogens is 3. The lowest BCUT2D eigenvalue weighted by atomic mass is 10.1. The maximum atomic E-state index is 11.5. The summed E-state index contributed by atoms with van der Waals surface area (Å²) in [7, 11) is 0. The number of aromatic amines is 1. The number of H-pyrrole nitrogens is 1. The highest BCUT2D eigenvalue weighted by atomic mass is 35.5. The lowest BCUT2D eigenvalue weighted by molar-refractivity contribution is 0.168. The largest absolute Gasteiger partial charge is 0.450 e. The number of carbonyl (C=O) groups is 1. The maximum absolute atomic E-state index is 11.5. The average molecular weight is 408 g/mol. The highest BCUT2D eigenvalue weighted by molar-refractivity contribution is 6.30. The van der Waals surface area contributed by atoms with Crippen molar-refractivity contribution in [3.05, 3.63) is 65.9 Å². The van der Waals surface area contributed by atoms with Gasteiger partial charge in [-0.05, 0) is 48.9 Å². The van der Waals surface area contributed by atoms with E-state index in [0.29, 0.717) is 28.8 Å². The Morgan fingerprint density at radius 3 is 2.69 bits per heavy atom. The molecule has 2 heterocycles. The summed E-state index contributed by atoms with van der Waals surface area (Å²) in [6, 6.07) is 16.9. The molecule has 2 aromatic heterocycles. The molecular weight excluding hydrogens is 390 g/mol. The number of halogens is 1. The van der Waals surface area contributed by atoms with Crippen molar-refractivity contribution in [2.75, 3.05) is 17.2 Å². The van der Waals surface area contributed by atoms with Gasteiger partial charge in [0.2, 0.25) is 0 Å². The van der Waals surface area contributed by atoms with E-state index in [1.807, 2.05) is 54.6 Å². The van der Waals surface area contributed by atoms with Crippen molar-refractivity contribution in [3.63, 3.8) is 0 Å². The Kier molecular flexibility index (Phi) is 5.31. The lowest BCUT2D eigenvalue weighted by Crippen LogP contribution is -2.12. The van der Waals surface area contributed by atoms with Gasteiger partial charge in [-0.25, -0.2) is 14.8 Å². The summed E-state index contributed by atoms with van der Waals surface area (Å²) in [4.78, 5) is 23.5. The van der Waals surface area contributed by atoms with Crippen LogP contribution in [0.5, 0.6) is 0 Å². The fraction of sp³-hybridized carbons (Fsp3) is 0.0952. The molecule has 0 unspecified atom stereocenters. The Hall–Kier alpha value is -3.58. The number of hydrogen-bond donors (Lipinski definition) is 3. The molecule has 0 aliphatic rings. The minimum Gasteiger partial charge on any atom is -0.450 e. The van der Waals surface area contributed by atoms with Crippen LogP contribution >= 0.6 is 11.6 Å². The predicted molar refractivity (Wildman–Crippen MR) is 115 cm³/mol. The maximum Gasteiger partial charge on any atom is 0.411 e. The van der Waals surface area contributed by atoms with Crippen LogP contribution in [-0.2, 0) is 4.74 Å². The third-order valence-electron chi connectivity index (χ3n) is 4.23. The molecule has 0 bridgehead atoms. The summed E-state index contributed by atoms with van der Waals surface area (Å²) < 4.78 is 4.88. The lowest BCUT2D eigenvalue weighted by Gasteiger charge is -2.06. The normalized spacial score (nSPS) is 10.7.